The van der Waals surface area contributed by atoms with Crippen molar-refractivity contribution in [3.63, 3.8) is 0 Å². The fourth-order valence-electron chi connectivity index (χ4n) is 4.74. The SMILES string of the molecule is C[C@@H]1O[C@@H](OC[C@H]2O[C@@H](Oc3cc4oc(-c5ccc(O)cc5)cc(=O)c4c(O)c3O)[C@H](O)[C@@H](O)[C@@H]2O)[C@H](O)[C@H](O)[C@H]1O. The smallest absolute Gasteiger partial charge is 0.229 e. The highest BCUT2D eigenvalue weighted by molar-refractivity contribution is 5.89. The van der Waals surface area contributed by atoms with Gasteiger partial charge in [0.25, 0.3) is 0 Å². The van der Waals surface area contributed by atoms with Crippen LogP contribution in [0.3, 0.4) is 0 Å². The van der Waals surface area contributed by atoms with E-state index in [-0.39, 0.29) is 22.5 Å². The molecule has 1 aromatic heterocycles. The third-order valence-electron chi connectivity index (χ3n) is 7.23. The summed E-state index contributed by atoms with van der Waals surface area (Å²) in [6, 6.07) is 7.85. The van der Waals surface area contributed by atoms with Crippen LogP contribution in [0.2, 0.25) is 0 Å². The minimum atomic E-state index is -1.88. The van der Waals surface area contributed by atoms with Crippen molar-refractivity contribution in [2.75, 3.05) is 6.61 Å². The molecule has 2 aromatic carbocycles. The number of aliphatic hydroxyl groups is 6. The lowest BCUT2D eigenvalue weighted by Crippen LogP contribution is -2.61. The molecule has 3 heterocycles. The van der Waals surface area contributed by atoms with Crippen molar-refractivity contribution < 1.29 is 69.3 Å². The topological polar surface area (TPSA) is 249 Å². The molecule has 228 valence electrons. The van der Waals surface area contributed by atoms with Crippen LogP contribution in [-0.2, 0) is 14.2 Å². The van der Waals surface area contributed by atoms with E-state index in [2.05, 4.69) is 0 Å². The molecule has 2 aliphatic rings. The monoisotopic (exact) mass is 594 g/mol. The van der Waals surface area contributed by atoms with Crippen LogP contribution >= 0.6 is 0 Å². The zero-order chi connectivity index (χ0) is 30.5. The number of phenolic OH excluding ortho intramolecular Hbond substituents is 3. The average molecular weight is 595 g/mol. The molecular weight excluding hydrogens is 564 g/mol. The van der Waals surface area contributed by atoms with Crippen LogP contribution in [0.4, 0.5) is 0 Å². The highest BCUT2D eigenvalue weighted by atomic mass is 16.7. The molecule has 2 fully saturated rings. The quantitative estimate of drug-likeness (QED) is 0.149. The number of hydrogen-bond acceptors (Lipinski definition) is 15. The molecule has 42 heavy (non-hydrogen) atoms. The molecule has 0 amide bonds. The van der Waals surface area contributed by atoms with Crippen LogP contribution in [0.1, 0.15) is 6.92 Å². The van der Waals surface area contributed by atoms with Crippen molar-refractivity contribution in [2.24, 2.45) is 0 Å². The highest BCUT2D eigenvalue weighted by Crippen LogP contribution is 2.42. The maximum absolute atomic E-state index is 12.8. The van der Waals surface area contributed by atoms with Gasteiger partial charge in [0.1, 0.15) is 65.2 Å². The van der Waals surface area contributed by atoms with Gasteiger partial charge in [-0.25, -0.2) is 0 Å². The Labute approximate surface area is 236 Å². The Kier molecular flexibility index (Phi) is 8.30. The molecule has 2 saturated heterocycles. The zero-order valence-electron chi connectivity index (χ0n) is 21.9. The van der Waals surface area contributed by atoms with Gasteiger partial charge in [-0.15, -0.1) is 0 Å². The second kappa shape index (κ2) is 11.6. The average Bonchev–Trinajstić information content (AvgIpc) is 2.96. The first kappa shape index (κ1) is 30.0. The maximum Gasteiger partial charge on any atom is 0.229 e. The summed E-state index contributed by atoms with van der Waals surface area (Å²) in [6.45, 7) is 0.884. The number of ether oxygens (including phenoxy) is 4. The van der Waals surface area contributed by atoms with Gasteiger partial charge in [0, 0.05) is 17.7 Å². The molecule has 5 rings (SSSR count). The van der Waals surface area contributed by atoms with Crippen LogP contribution in [0.5, 0.6) is 23.0 Å². The Balaban J connectivity index is 1.38. The van der Waals surface area contributed by atoms with E-state index in [0.717, 1.165) is 12.1 Å². The second-order valence-electron chi connectivity index (χ2n) is 10.1. The van der Waals surface area contributed by atoms with Gasteiger partial charge in [-0.1, -0.05) is 0 Å². The molecule has 15 heteroatoms. The van der Waals surface area contributed by atoms with Gasteiger partial charge in [-0.3, -0.25) is 4.79 Å². The van der Waals surface area contributed by atoms with Gasteiger partial charge in [-0.05, 0) is 31.2 Å². The third-order valence-corrected chi connectivity index (χ3v) is 7.23. The van der Waals surface area contributed by atoms with Crippen LogP contribution in [0, 0.1) is 0 Å². The van der Waals surface area contributed by atoms with Crippen LogP contribution < -0.4 is 10.2 Å². The molecule has 0 bridgehead atoms. The van der Waals surface area contributed by atoms with Gasteiger partial charge in [0.05, 0.1) is 12.7 Å². The van der Waals surface area contributed by atoms with E-state index in [9.17, 15) is 50.8 Å². The highest BCUT2D eigenvalue weighted by Gasteiger charge is 2.47. The standard InChI is InChI=1S/C27H30O15/c1-9-18(30)22(34)24(36)26(39-9)38-8-16-20(32)23(35)25(37)27(42-16)41-15-7-14-17(21(33)19(15)31)12(29)6-13(40-14)10-2-4-11(28)5-3-10/h2-7,9,16,18,20,22-28,30-37H,8H2,1H3/t9-,16+,18-,20+,22+,23-,24+,25+,26+,27+/m0/s1. The van der Waals surface area contributed by atoms with E-state index >= 15 is 0 Å². The lowest BCUT2D eigenvalue weighted by molar-refractivity contribution is -0.318. The number of hydrogen-bond donors (Lipinski definition) is 9. The van der Waals surface area contributed by atoms with Gasteiger partial charge < -0.3 is 69.3 Å². The number of phenols is 3. The van der Waals surface area contributed by atoms with E-state index in [0.29, 0.717) is 5.56 Å². The lowest BCUT2D eigenvalue weighted by atomic mass is 9.98. The second-order valence-corrected chi connectivity index (χ2v) is 10.1. The minimum Gasteiger partial charge on any atom is -0.508 e. The third kappa shape index (κ3) is 5.49. The van der Waals surface area contributed by atoms with E-state index in [4.69, 9.17) is 23.4 Å². The fourth-order valence-corrected chi connectivity index (χ4v) is 4.74. The number of aromatic hydroxyl groups is 3. The van der Waals surface area contributed by atoms with Crippen LogP contribution in [0.15, 0.2) is 45.6 Å². The minimum absolute atomic E-state index is 0.0180. The summed E-state index contributed by atoms with van der Waals surface area (Å²) in [5.74, 6) is -2.27. The summed E-state index contributed by atoms with van der Waals surface area (Å²) in [5.41, 5.74) is -0.515. The summed E-state index contributed by atoms with van der Waals surface area (Å²) in [5, 5.41) is 91.6. The predicted molar refractivity (Wildman–Crippen MR) is 139 cm³/mol. The molecule has 2 aliphatic heterocycles. The zero-order valence-corrected chi connectivity index (χ0v) is 21.9. The number of rotatable bonds is 6. The number of fused-ring (bicyclic) bond motifs is 1. The van der Waals surface area contributed by atoms with Gasteiger partial charge in [-0.2, -0.15) is 0 Å². The molecule has 0 aliphatic carbocycles. The number of benzene rings is 2. The normalized spacial score (nSPS) is 33.5. The van der Waals surface area contributed by atoms with Crippen molar-refractivity contribution in [1.82, 2.24) is 0 Å². The maximum atomic E-state index is 12.8. The molecule has 10 atom stereocenters. The number of aliphatic hydroxyl groups excluding tert-OH is 6. The Morgan fingerprint density at radius 1 is 0.762 bits per heavy atom. The Bertz CT molecular complexity index is 1470. The molecule has 9 N–H and O–H groups in total. The Hall–Kier alpha value is -3.51. The molecular formula is C27H30O15. The molecule has 15 nitrogen and oxygen atoms in total. The van der Waals surface area contributed by atoms with Crippen LogP contribution in [0.25, 0.3) is 22.3 Å². The summed E-state index contributed by atoms with van der Waals surface area (Å²) >= 11 is 0. The first-order valence-corrected chi connectivity index (χ1v) is 12.9. The first-order valence-electron chi connectivity index (χ1n) is 12.9. The fraction of sp³-hybridized carbons (Fsp3) is 0.444. The summed E-state index contributed by atoms with van der Waals surface area (Å²) in [4.78, 5) is 12.8. The van der Waals surface area contributed by atoms with E-state index in [1.165, 1.54) is 31.2 Å². The lowest BCUT2D eigenvalue weighted by Gasteiger charge is -2.42. The largest absolute Gasteiger partial charge is 0.508 e. The van der Waals surface area contributed by atoms with Gasteiger partial charge in [0.2, 0.25) is 12.0 Å². The molecule has 0 unspecified atom stereocenters. The molecule has 0 spiro atoms. The van der Waals surface area contributed by atoms with Gasteiger partial charge in [0.15, 0.2) is 23.2 Å². The summed E-state index contributed by atoms with van der Waals surface area (Å²) < 4.78 is 27.6. The van der Waals surface area contributed by atoms with E-state index < -0.39 is 90.7 Å². The molecule has 0 radical (unpaired) electrons. The van der Waals surface area contributed by atoms with Crippen molar-refractivity contribution >= 4 is 11.0 Å². The van der Waals surface area contributed by atoms with Crippen molar-refractivity contribution in [3.05, 3.63) is 46.6 Å². The van der Waals surface area contributed by atoms with E-state index in [1.807, 2.05) is 0 Å². The Morgan fingerprint density at radius 2 is 1.40 bits per heavy atom. The van der Waals surface area contributed by atoms with Gasteiger partial charge >= 0.3 is 0 Å². The molecule has 3 aromatic rings. The first-order chi connectivity index (χ1) is 19.9. The Morgan fingerprint density at radius 3 is 2.10 bits per heavy atom. The predicted octanol–water partition coefficient (Wildman–Crippen LogP) is -1.39. The summed E-state index contributed by atoms with van der Waals surface area (Å²) in [7, 11) is 0. The summed E-state index contributed by atoms with van der Waals surface area (Å²) in [6.07, 6.45) is -15.6. The van der Waals surface area contributed by atoms with Crippen LogP contribution in [-0.4, -0.2) is 114 Å². The molecule has 0 saturated carbocycles. The van der Waals surface area contributed by atoms with Crippen molar-refractivity contribution in [1.29, 1.82) is 0 Å². The van der Waals surface area contributed by atoms with E-state index in [1.54, 1.807) is 0 Å². The van der Waals surface area contributed by atoms with Crippen molar-refractivity contribution in [3.8, 4) is 34.3 Å². The van der Waals surface area contributed by atoms with Crippen molar-refractivity contribution in [2.45, 2.75) is 68.3 Å².